The summed E-state index contributed by atoms with van der Waals surface area (Å²) in [5, 5.41) is 0.541. The number of esters is 1. The first-order valence-corrected chi connectivity index (χ1v) is 9.38. The zero-order chi connectivity index (χ0) is 21.4. The number of anilines is 1. The van der Waals surface area contributed by atoms with Gasteiger partial charge in [0.25, 0.3) is 5.56 Å². The molecule has 3 aromatic rings. The number of aromatic nitrogens is 2. The molecule has 1 heterocycles. The molecular formula is C23H25N3O3. The second-order valence-electron chi connectivity index (χ2n) is 6.10. The number of rotatable bonds is 5. The topological polar surface area (TPSA) is 75.3 Å². The average Bonchev–Trinajstić information content (AvgIpc) is 2.75. The first kappa shape index (κ1) is 21.7. The van der Waals surface area contributed by atoms with Crippen LogP contribution in [0, 0.1) is 19.3 Å². The molecule has 0 aliphatic heterocycles. The number of ether oxygens (including phenoxy) is 1. The quantitative estimate of drug-likeness (QED) is 0.530. The number of nitrogens with zero attached hydrogens (tertiary/aromatic N) is 2. The van der Waals surface area contributed by atoms with E-state index in [-0.39, 0.29) is 11.5 Å². The van der Waals surface area contributed by atoms with Gasteiger partial charge in [-0.15, -0.1) is 6.42 Å². The van der Waals surface area contributed by atoms with Crippen LogP contribution in [0.4, 0.5) is 5.69 Å². The van der Waals surface area contributed by atoms with Crippen LogP contribution in [0.1, 0.15) is 35.6 Å². The van der Waals surface area contributed by atoms with Crippen LogP contribution in [0.25, 0.3) is 10.9 Å². The molecule has 0 bridgehead atoms. The van der Waals surface area contributed by atoms with Crippen molar-refractivity contribution in [3.63, 3.8) is 0 Å². The number of nitrogens with one attached hydrogen (secondary N) is 1. The van der Waals surface area contributed by atoms with Crippen LogP contribution in [0.5, 0.6) is 0 Å². The zero-order valence-electron chi connectivity index (χ0n) is 17.2. The summed E-state index contributed by atoms with van der Waals surface area (Å²) in [5.41, 5.74) is 2.78. The maximum atomic E-state index is 12.2. The van der Waals surface area contributed by atoms with Crippen LogP contribution in [-0.2, 0) is 11.3 Å². The van der Waals surface area contributed by atoms with Gasteiger partial charge in [0.1, 0.15) is 5.82 Å². The molecule has 0 saturated carbocycles. The third-order valence-corrected chi connectivity index (χ3v) is 4.20. The van der Waals surface area contributed by atoms with E-state index >= 15 is 0 Å². The Morgan fingerprint density at radius 3 is 2.52 bits per heavy atom. The van der Waals surface area contributed by atoms with E-state index in [9.17, 15) is 9.59 Å². The van der Waals surface area contributed by atoms with Crippen molar-refractivity contribution in [1.82, 2.24) is 9.97 Å². The number of hydrogen-bond donors (Lipinski definition) is 1. The molecule has 2 aromatic carbocycles. The molecule has 0 spiro atoms. The molecule has 0 aliphatic rings. The Morgan fingerprint density at radius 1 is 1.21 bits per heavy atom. The molecule has 0 aliphatic carbocycles. The van der Waals surface area contributed by atoms with Gasteiger partial charge < -0.3 is 14.6 Å². The van der Waals surface area contributed by atoms with Gasteiger partial charge in [-0.2, -0.15) is 0 Å². The van der Waals surface area contributed by atoms with E-state index in [2.05, 4.69) is 15.9 Å². The Balaban J connectivity index is 0.00000145. The van der Waals surface area contributed by atoms with Gasteiger partial charge in [0, 0.05) is 12.2 Å². The minimum atomic E-state index is -0.387. The maximum absolute atomic E-state index is 12.2. The fourth-order valence-corrected chi connectivity index (χ4v) is 2.90. The summed E-state index contributed by atoms with van der Waals surface area (Å²) in [5.74, 6) is 2.84. The van der Waals surface area contributed by atoms with E-state index in [4.69, 9.17) is 11.2 Å². The number of aromatic amines is 1. The highest BCUT2D eigenvalue weighted by Gasteiger charge is 2.11. The number of hydrogen-bond acceptors (Lipinski definition) is 5. The fourth-order valence-electron chi connectivity index (χ4n) is 2.90. The first-order chi connectivity index (χ1) is 14.0. The van der Waals surface area contributed by atoms with Gasteiger partial charge in [-0.25, -0.2) is 9.78 Å². The van der Waals surface area contributed by atoms with E-state index in [1.807, 2.05) is 49.1 Å². The number of fused-ring (bicyclic) bond motifs is 1. The molecule has 6 nitrogen and oxygen atoms in total. The zero-order valence-corrected chi connectivity index (χ0v) is 17.2. The lowest BCUT2D eigenvalue weighted by Crippen LogP contribution is -2.23. The van der Waals surface area contributed by atoms with Crippen LogP contribution in [-0.4, -0.2) is 29.6 Å². The van der Waals surface area contributed by atoms with Crippen molar-refractivity contribution in [3.8, 4) is 12.3 Å². The standard InChI is InChI=1S/C21H19N3O3.C2H6/c1-4-11-24(17-8-6-16(7-9-17)21(26)27-3)13-15-5-10-19-18(12-15)20(25)23-14(2)22-19;1-2/h1,5-10,12H,11,13H2,2-3H3,(H,22,23,25);1-2H3. The molecule has 1 aromatic heterocycles. The van der Waals surface area contributed by atoms with Crippen LogP contribution < -0.4 is 10.5 Å². The third kappa shape index (κ3) is 5.23. The van der Waals surface area contributed by atoms with E-state index in [0.717, 1.165) is 11.3 Å². The van der Waals surface area contributed by atoms with Crippen molar-refractivity contribution in [1.29, 1.82) is 0 Å². The lowest BCUT2D eigenvalue weighted by molar-refractivity contribution is 0.0600. The Bertz CT molecular complexity index is 1080. The third-order valence-electron chi connectivity index (χ3n) is 4.20. The number of methoxy groups -OCH3 is 1. The number of carbonyl (C=O) groups is 1. The minimum Gasteiger partial charge on any atom is -0.465 e. The van der Waals surface area contributed by atoms with Gasteiger partial charge >= 0.3 is 5.97 Å². The Labute approximate surface area is 170 Å². The molecule has 3 rings (SSSR count). The number of aryl methyl sites for hydroxylation is 1. The average molecular weight is 391 g/mol. The predicted octanol–water partition coefficient (Wildman–Crippen LogP) is 3.68. The van der Waals surface area contributed by atoms with Crippen molar-refractivity contribution in [2.24, 2.45) is 0 Å². The summed E-state index contributed by atoms with van der Waals surface area (Å²) in [7, 11) is 1.35. The molecule has 150 valence electrons. The second kappa shape index (κ2) is 10.1. The first-order valence-electron chi connectivity index (χ1n) is 9.38. The smallest absolute Gasteiger partial charge is 0.337 e. The summed E-state index contributed by atoms with van der Waals surface area (Å²) in [4.78, 5) is 32.8. The van der Waals surface area contributed by atoms with Gasteiger partial charge in [0.2, 0.25) is 0 Å². The summed E-state index contributed by atoms with van der Waals surface area (Å²) in [6.45, 7) is 6.66. The van der Waals surface area contributed by atoms with Crippen LogP contribution in [0.15, 0.2) is 47.3 Å². The van der Waals surface area contributed by atoms with Crippen LogP contribution in [0.3, 0.4) is 0 Å². The highest BCUT2D eigenvalue weighted by Crippen LogP contribution is 2.20. The molecule has 0 radical (unpaired) electrons. The molecule has 0 saturated heterocycles. The number of carbonyl (C=O) groups excluding carboxylic acids is 1. The minimum absolute atomic E-state index is 0.162. The van der Waals surface area contributed by atoms with Gasteiger partial charge in [-0.05, 0) is 48.9 Å². The molecule has 6 heteroatoms. The number of benzene rings is 2. The monoisotopic (exact) mass is 391 g/mol. The highest BCUT2D eigenvalue weighted by atomic mass is 16.5. The van der Waals surface area contributed by atoms with E-state index in [1.54, 1.807) is 19.1 Å². The molecular weight excluding hydrogens is 366 g/mol. The number of terminal acetylenes is 1. The van der Waals surface area contributed by atoms with Crippen molar-refractivity contribution >= 4 is 22.6 Å². The van der Waals surface area contributed by atoms with Crippen LogP contribution >= 0.6 is 0 Å². The fraction of sp³-hybridized carbons (Fsp3) is 0.261. The second-order valence-corrected chi connectivity index (χ2v) is 6.10. The molecule has 0 fully saturated rings. The molecule has 29 heavy (non-hydrogen) atoms. The normalized spacial score (nSPS) is 9.90. The molecule has 0 atom stereocenters. The SMILES string of the molecule is C#CCN(Cc1ccc2nc(C)[nH]c(=O)c2c1)c1ccc(C(=O)OC)cc1.CC. The summed E-state index contributed by atoms with van der Waals surface area (Å²) in [6, 6.07) is 12.6. The van der Waals surface area contributed by atoms with Gasteiger partial charge in [-0.3, -0.25) is 4.79 Å². The molecule has 0 amide bonds. The summed E-state index contributed by atoms with van der Waals surface area (Å²) < 4.78 is 4.72. The maximum Gasteiger partial charge on any atom is 0.337 e. The van der Waals surface area contributed by atoms with Crippen molar-refractivity contribution in [2.45, 2.75) is 27.3 Å². The Hall–Kier alpha value is -3.59. The van der Waals surface area contributed by atoms with Gasteiger partial charge in [0.05, 0.1) is 30.1 Å². The Kier molecular flexibility index (Phi) is 7.55. The summed E-state index contributed by atoms with van der Waals surface area (Å²) in [6.07, 6.45) is 5.52. The van der Waals surface area contributed by atoms with Gasteiger partial charge in [0.15, 0.2) is 0 Å². The summed E-state index contributed by atoms with van der Waals surface area (Å²) >= 11 is 0. The molecule has 0 unspecified atom stereocenters. The highest BCUT2D eigenvalue weighted by molar-refractivity contribution is 5.89. The molecule has 1 N–H and O–H groups in total. The van der Waals surface area contributed by atoms with E-state index in [0.29, 0.717) is 35.4 Å². The Morgan fingerprint density at radius 2 is 1.90 bits per heavy atom. The van der Waals surface area contributed by atoms with Crippen molar-refractivity contribution in [3.05, 3.63) is 69.8 Å². The van der Waals surface area contributed by atoms with Gasteiger partial charge in [-0.1, -0.05) is 25.8 Å². The van der Waals surface area contributed by atoms with Crippen molar-refractivity contribution < 1.29 is 9.53 Å². The van der Waals surface area contributed by atoms with E-state index in [1.165, 1.54) is 7.11 Å². The largest absolute Gasteiger partial charge is 0.465 e. The van der Waals surface area contributed by atoms with Crippen molar-refractivity contribution in [2.75, 3.05) is 18.6 Å². The lowest BCUT2D eigenvalue weighted by Gasteiger charge is -2.23. The number of H-pyrrole nitrogens is 1. The predicted molar refractivity (Wildman–Crippen MR) is 116 cm³/mol. The van der Waals surface area contributed by atoms with Crippen LogP contribution in [0.2, 0.25) is 0 Å². The lowest BCUT2D eigenvalue weighted by atomic mass is 10.1. The van der Waals surface area contributed by atoms with E-state index < -0.39 is 0 Å².